The van der Waals surface area contributed by atoms with Crippen molar-refractivity contribution in [1.82, 2.24) is 0 Å². The summed E-state index contributed by atoms with van der Waals surface area (Å²) in [5.41, 5.74) is 2.92. The van der Waals surface area contributed by atoms with E-state index in [1.807, 2.05) is 19.9 Å². The number of aliphatic hydroxyl groups excluding tert-OH is 2. The van der Waals surface area contributed by atoms with Crippen molar-refractivity contribution in [2.45, 2.75) is 26.4 Å². The van der Waals surface area contributed by atoms with E-state index in [-0.39, 0.29) is 6.61 Å². The molecule has 2 atom stereocenters. The molecule has 0 saturated heterocycles. The molecular weight excluding hydrogens is 176 g/mol. The molecule has 0 fully saturated rings. The molecule has 0 unspecified atom stereocenters. The zero-order valence-electron chi connectivity index (χ0n) is 8.62. The van der Waals surface area contributed by atoms with Crippen molar-refractivity contribution in [3.8, 4) is 0 Å². The minimum absolute atomic E-state index is 0.0297. The van der Waals surface area contributed by atoms with E-state index in [9.17, 15) is 10.2 Å². The fourth-order valence-electron chi connectivity index (χ4n) is 2.18. The van der Waals surface area contributed by atoms with Crippen molar-refractivity contribution in [1.29, 1.82) is 0 Å². The van der Waals surface area contributed by atoms with E-state index in [0.717, 1.165) is 17.5 Å². The summed E-state index contributed by atoms with van der Waals surface area (Å²) in [5.74, 6) is 0. The second-order valence-corrected chi connectivity index (χ2v) is 4.59. The molecule has 0 radical (unpaired) electrons. The number of hydrogen-bond acceptors (Lipinski definition) is 2. The van der Waals surface area contributed by atoms with Crippen molar-refractivity contribution in [3.05, 3.63) is 34.9 Å². The molecule has 1 aromatic carbocycles. The van der Waals surface area contributed by atoms with Gasteiger partial charge in [-0.15, -0.1) is 0 Å². The normalized spacial score (nSPS) is 30.4. The van der Waals surface area contributed by atoms with Crippen LogP contribution < -0.4 is 0 Å². The third-order valence-electron chi connectivity index (χ3n) is 3.21. The molecule has 2 heteroatoms. The maximum atomic E-state index is 10.1. The molecule has 0 amide bonds. The summed E-state index contributed by atoms with van der Waals surface area (Å²) in [6, 6.07) is 6.12. The van der Waals surface area contributed by atoms with E-state index in [4.69, 9.17) is 0 Å². The standard InChI is InChI=1S/C12H16O2/c1-8-3-4-9-6-12(2,7-13)11(14)10(9)5-8/h3-5,11,13-14H,6-7H2,1-2H3/t11-,12+/m1/s1. The summed E-state index contributed by atoms with van der Waals surface area (Å²) in [7, 11) is 0. The number of aliphatic hydroxyl groups is 2. The molecule has 1 aromatic rings. The first-order valence-corrected chi connectivity index (χ1v) is 4.95. The van der Waals surface area contributed by atoms with Crippen LogP contribution in [0.1, 0.15) is 29.7 Å². The van der Waals surface area contributed by atoms with Crippen LogP contribution in [0, 0.1) is 12.3 Å². The molecule has 2 N–H and O–H groups in total. The van der Waals surface area contributed by atoms with Gasteiger partial charge in [-0.2, -0.15) is 0 Å². The first-order valence-electron chi connectivity index (χ1n) is 4.95. The predicted molar refractivity (Wildman–Crippen MR) is 55.0 cm³/mol. The maximum Gasteiger partial charge on any atom is 0.0871 e. The van der Waals surface area contributed by atoms with E-state index in [1.165, 1.54) is 5.56 Å². The van der Waals surface area contributed by atoms with Gasteiger partial charge >= 0.3 is 0 Å². The van der Waals surface area contributed by atoms with E-state index < -0.39 is 11.5 Å². The van der Waals surface area contributed by atoms with Crippen LogP contribution in [0.4, 0.5) is 0 Å². The van der Waals surface area contributed by atoms with Crippen LogP contribution in [0.2, 0.25) is 0 Å². The summed E-state index contributed by atoms with van der Waals surface area (Å²) < 4.78 is 0. The number of fused-ring (bicyclic) bond motifs is 1. The maximum absolute atomic E-state index is 10.1. The van der Waals surface area contributed by atoms with Gasteiger partial charge < -0.3 is 10.2 Å². The molecule has 1 aliphatic rings. The molecule has 14 heavy (non-hydrogen) atoms. The Morgan fingerprint density at radius 1 is 1.50 bits per heavy atom. The molecule has 76 valence electrons. The Morgan fingerprint density at radius 2 is 2.21 bits per heavy atom. The van der Waals surface area contributed by atoms with Crippen LogP contribution in [-0.4, -0.2) is 16.8 Å². The monoisotopic (exact) mass is 192 g/mol. The van der Waals surface area contributed by atoms with E-state index in [0.29, 0.717) is 0 Å². The van der Waals surface area contributed by atoms with Gasteiger partial charge in [-0.25, -0.2) is 0 Å². The zero-order chi connectivity index (χ0) is 10.3. The molecule has 2 nitrogen and oxygen atoms in total. The SMILES string of the molecule is Cc1ccc2c(c1)[C@@H](O)[C@](C)(CO)C2. The van der Waals surface area contributed by atoms with E-state index in [2.05, 4.69) is 12.1 Å². The lowest BCUT2D eigenvalue weighted by atomic mass is 9.86. The molecular formula is C12H16O2. The van der Waals surface area contributed by atoms with Gasteiger partial charge in [0.25, 0.3) is 0 Å². The smallest absolute Gasteiger partial charge is 0.0871 e. The summed E-state index contributed by atoms with van der Waals surface area (Å²) in [4.78, 5) is 0. The Morgan fingerprint density at radius 3 is 2.86 bits per heavy atom. The summed E-state index contributed by atoms with van der Waals surface area (Å²) in [6.07, 6.45) is 0.239. The Balaban J connectivity index is 2.46. The topological polar surface area (TPSA) is 40.5 Å². The van der Waals surface area contributed by atoms with Crippen molar-refractivity contribution in [2.24, 2.45) is 5.41 Å². The summed E-state index contributed by atoms with van der Waals surface area (Å²) in [5, 5.41) is 19.3. The van der Waals surface area contributed by atoms with Crippen LogP contribution in [0.25, 0.3) is 0 Å². The van der Waals surface area contributed by atoms with Crippen molar-refractivity contribution in [3.63, 3.8) is 0 Å². The summed E-state index contributed by atoms with van der Waals surface area (Å²) >= 11 is 0. The minimum atomic E-state index is -0.526. The zero-order valence-corrected chi connectivity index (χ0v) is 8.62. The molecule has 0 bridgehead atoms. The molecule has 2 rings (SSSR count). The second-order valence-electron chi connectivity index (χ2n) is 4.59. The average molecular weight is 192 g/mol. The molecule has 0 heterocycles. The molecule has 0 spiro atoms. The van der Waals surface area contributed by atoms with Crippen molar-refractivity contribution in [2.75, 3.05) is 6.61 Å². The average Bonchev–Trinajstić information content (AvgIpc) is 2.42. The van der Waals surface area contributed by atoms with Gasteiger partial charge in [-0.1, -0.05) is 30.7 Å². The lowest BCUT2D eigenvalue weighted by molar-refractivity contribution is 0.00781. The van der Waals surface area contributed by atoms with Gasteiger partial charge in [0.2, 0.25) is 0 Å². The lowest BCUT2D eigenvalue weighted by Gasteiger charge is -2.25. The second kappa shape index (κ2) is 3.07. The van der Waals surface area contributed by atoms with E-state index >= 15 is 0 Å². The highest BCUT2D eigenvalue weighted by molar-refractivity contribution is 5.39. The highest BCUT2D eigenvalue weighted by atomic mass is 16.3. The van der Waals surface area contributed by atoms with E-state index in [1.54, 1.807) is 0 Å². The highest BCUT2D eigenvalue weighted by Gasteiger charge is 2.40. The first kappa shape index (κ1) is 9.69. The predicted octanol–water partition coefficient (Wildman–Crippen LogP) is 1.58. The van der Waals surface area contributed by atoms with Crippen LogP contribution in [0.15, 0.2) is 18.2 Å². The van der Waals surface area contributed by atoms with Crippen LogP contribution in [0.5, 0.6) is 0 Å². The largest absolute Gasteiger partial charge is 0.396 e. The number of hydrogen-bond donors (Lipinski definition) is 2. The summed E-state index contributed by atoms with van der Waals surface area (Å²) in [6.45, 7) is 3.97. The molecule has 0 aliphatic heterocycles. The van der Waals surface area contributed by atoms with Gasteiger partial charge in [0.15, 0.2) is 0 Å². The van der Waals surface area contributed by atoms with Gasteiger partial charge in [-0.3, -0.25) is 0 Å². The van der Waals surface area contributed by atoms with Crippen LogP contribution in [0.3, 0.4) is 0 Å². The molecule has 0 aromatic heterocycles. The first-order chi connectivity index (χ1) is 6.57. The minimum Gasteiger partial charge on any atom is -0.396 e. The third kappa shape index (κ3) is 1.26. The number of benzene rings is 1. The van der Waals surface area contributed by atoms with Gasteiger partial charge in [0, 0.05) is 5.41 Å². The number of aryl methyl sites for hydroxylation is 1. The highest BCUT2D eigenvalue weighted by Crippen LogP contribution is 2.45. The van der Waals surface area contributed by atoms with Gasteiger partial charge in [0.1, 0.15) is 0 Å². The number of rotatable bonds is 1. The fourth-order valence-corrected chi connectivity index (χ4v) is 2.18. The van der Waals surface area contributed by atoms with Gasteiger partial charge in [-0.05, 0) is 24.5 Å². The van der Waals surface area contributed by atoms with Crippen LogP contribution in [-0.2, 0) is 6.42 Å². The molecule has 0 saturated carbocycles. The Labute approximate surface area is 84.2 Å². The van der Waals surface area contributed by atoms with Crippen molar-refractivity contribution >= 4 is 0 Å². The molecule has 1 aliphatic carbocycles. The Hall–Kier alpha value is -0.860. The fraction of sp³-hybridized carbons (Fsp3) is 0.500. The van der Waals surface area contributed by atoms with Crippen molar-refractivity contribution < 1.29 is 10.2 Å². The van der Waals surface area contributed by atoms with Crippen LogP contribution >= 0.6 is 0 Å². The Kier molecular flexibility index (Phi) is 2.13. The Bertz CT molecular complexity index is 359. The third-order valence-corrected chi connectivity index (χ3v) is 3.21. The quantitative estimate of drug-likeness (QED) is 0.709. The van der Waals surface area contributed by atoms with Gasteiger partial charge in [0.05, 0.1) is 12.7 Å². The lowest BCUT2D eigenvalue weighted by Crippen LogP contribution is -2.26.